The van der Waals surface area contributed by atoms with Gasteiger partial charge in [-0.3, -0.25) is 4.79 Å². The van der Waals surface area contributed by atoms with Gasteiger partial charge >= 0.3 is 0 Å². The van der Waals surface area contributed by atoms with Crippen molar-refractivity contribution < 1.29 is 9.53 Å². The first-order valence-electron chi connectivity index (χ1n) is 12.2. The van der Waals surface area contributed by atoms with Crippen LogP contribution in [0, 0.1) is 6.92 Å². The maximum atomic E-state index is 13.7. The number of carbonyl (C=O) groups is 1. The van der Waals surface area contributed by atoms with Crippen molar-refractivity contribution in [3.63, 3.8) is 0 Å². The van der Waals surface area contributed by atoms with E-state index in [1.807, 2.05) is 30.6 Å². The second-order valence-corrected chi connectivity index (χ2v) is 10.4. The number of rotatable bonds is 5. The van der Waals surface area contributed by atoms with Gasteiger partial charge in [-0.15, -0.1) is 11.3 Å². The van der Waals surface area contributed by atoms with E-state index in [9.17, 15) is 4.79 Å². The molecule has 36 heavy (non-hydrogen) atoms. The van der Waals surface area contributed by atoms with E-state index < -0.39 is 5.41 Å². The van der Waals surface area contributed by atoms with Gasteiger partial charge in [0.15, 0.2) is 0 Å². The van der Waals surface area contributed by atoms with Gasteiger partial charge in [0, 0.05) is 48.7 Å². The van der Waals surface area contributed by atoms with E-state index in [2.05, 4.69) is 55.9 Å². The average molecular weight is 498 g/mol. The smallest absolute Gasteiger partial charge is 0.236 e. The average Bonchev–Trinajstić information content (AvgIpc) is 3.58. The van der Waals surface area contributed by atoms with Crippen molar-refractivity contribution in [1.29, 1.82) is 0 Å². The summed E-state index contributed by atoms with van der Waals surface area (Å²) in [5.41, 5.74) is 5.61. The van der Waals surface area contributed by atoms with Gasteiger partial charge < -0.3 is 15.4 Å². The number of anilines is 2. The zero-order valence-electron chi connectivity index (χ0n) is 20.1. The van der Waals surface area contributed by atoms with E-state index in [4.69, 9.17) is 4.74 Å². The molecule has 4 aromatic rings. The highest BCUT2D eigenvalue weighted by Gasteiger charge is 2.42. The van der Waals surface area contributed by atoms with Crippen molar-refractivity contribution in [3.05, 3.63) is 76.4 Å². The molecule has 2 N–H and O–H groups in total. The highest BCUT2D eigenvalue weighted by Crippen LogP contribution is 2.37. The Kier molecular flexibility index (Phi) is 5.99. The van der Waals surface area contributed by atoms with Crippen molar-refractivity contribution >= 4 is 28.9 Å². The summed E-state index contributed by atoms with van der Waals surface area (Å²) in [4.78, 5) is 27.3. The van der Waals surface area contributed by atoms with Crippen molar-refractivity contribution in [3.8, 4) is 22.4 Å². The predicted octanol–water partition coefficient (Wildman–Crippen LogP) is 5.23. The van der Waals surface area contributed by atoms with Crippen molar-refractivity contribution in [2.24, 2.45) is 0 Å². The van der Waals surface area contributed by atoms with Crippen LogP contribution in [0.2, 0.25) is 0 Å². The van der Waals surface area contributed by atoms with Gasteiger partial charge in [0.05, 0.1) is 16.1 Å². The molecule has 1 amide bonds. The Balaban J connectivity index is 1.24. The molecule has 0 spiro atoms. The number of amides is 1. The van der Waals surface area contributed by atoms with E-state index >= 15 is 0 Å². The number of aryl methyl sites for hydroxylation is 1. The van der Waals surface area contributed by atoms with E-state index in [0.717, 1.165) is 51.7 Å². The Bertz CT molecular complexity index is 1390. The van der Waals surface area contributed by atoms with Gasteiger partial charge in [-0.05, 0) is 61.1 Å². The van der Waals surface area contributed by atoms with Crippen molar-refractivity contribution in [2.75, 3.05) is 30.4 Å². The van der Waals surface area contributed by atoms with Crippen LogP contribution in [0.5, 0.6) is 0 Å². The molecule has 8 heteroatoms. The summed E-state index contributed by atoms with van der Waals surface area (Å²) < 4.78 is 5.63. The van der Waals surface area contributed by atoms with Crippen LogP contribution in [0.15, 0.2) is 60.2 Å². The van der Waals surface area contributed by atoms with Crippen LogP contribution in [-0.4, -0.2) is 40.6 Å². The fourth-order valence-electron chi connectivity index (χ4n) is 5.03. The number of ether oxygens (including phenoxy) is 1. The van der Waals surface area contributed by atoms with Crippen LogP contribution >= 0.6 is 11.3 Å². The number of carbonyl (C=O) groups excluding carboxylic acids is 1. The number of nitrogens with zero attached hydrogens (tertiary/aromatic N) is 3. The maximum Gasteiger partial charge on any atom is 0.236 e. The topological polar surface area (TPSA) is 89.0 Å². The second kappa shape index (κ2) is 9.44. The van der Waals surface area contributed by atoms with Gasteiger partial charge in [-0.2, -0.15) is 0 Å². The summed E-state index contributed by atoms with van der Waals surface area (Å²) in [6.07, 6.45) is 5.91. The number of hydrogen-bond acceptors (Lipinski definition) is 7. The molecule has 182 valence electrons. The molecule has 6 rings (SSSR count). The molecule has 0 radical (unpaired) electrons. The van der Waals surface area contributed by atoms with Crippen LogP contribution in [0.3, 0.4) is 0 Å². The van der Waals surface area contributed by atoms with Gasteiger partial charge in [0.25, 0.3) is 0 Å². The lowest BCUT2D eigenvalue weighted by Crippen LogP contribution is -2.45. The molecule has 1 fully saturated rings. The fourth-order valence-corrected chi connectivity index (χ4v) is 5.66. The lowest BCUT2D eigenvalue weighted by atomic mass is 9.73. The quantitative estimate of drug-likeness (QED) is 0.393. The normalized spacial score (nSPS) is 16.2. The van der Waals surface area contributed by atoms with E-state index in [0.29, 0.717) is 31.9 Å². The highest BCUT2D eigenvalue weighted by molar-refractivity contribution is 7.09. The monoisotopic (exact) mass is 497 g/mol. The molecule has 1 aromatic carbocycles. The Morgan fingerprint density at radius 3 is 2.53 bits per heavy atom. The van der Waals surface area contributed by atoms with Crippen LogP contribution < -0.4 is 10.6 Å². The first-order chi connectivity index (χ1) is 17.6. The third-order valence-electron chi connectivity index (χ3n) is 7.13. The fraction of sp³-hybridized carbons (Fsp3) is 0.286. The number of aromatic nitrogens is 3. The van der Waals surface area contributed by atoms with Crippen LogP contribution in [-0.2, 0) is 21.4 Å². The van der Waals surface area contributed by atoms with Gasteiger partial charge in [0.1, 0.15) is 11.6 Å². The molecule has 0 aliphatic carbocycles. The SMILES string of the molecule is Cc1nc(-c2ccc(NC(=O)C3(c4ccc(-c5cnc6c(c5)CCN6)cc4)CCOCC3)nc2)cs1. The predicted molar refractivity (Wildman–Crippen MR) is 142 cm³/mol. The molecule has 2 aliphatic rings. The lowest BCUT2D eigenvalue weighted by Gasteiger charge is -2.36. The minimum Gasteiger partial charge on any atom is -0.381 e. The van der Waals surface area contributed by atoms with Crippen LogP contribution in [0.25, 0.3) is 22.4 Å². The molecule has 2 aliphatic heterocycles. The zero-order valence-corrected chi connectivity index (χ0v) is 20.9. The Hall–Kier alpha value is -3.62. The molecule has 3 aromatic heterocycles. The lowest BCUT2D eigenvalue weighted by molar-refractivity contribution is -0.125. The minimum absolute atomic E-state index is 0.0476. The third kappa shape index (κ3) is 4.27. The van der Waals surface area contributed by atoms with E-state index in [1.54, 1.807) is 17.5 Å². The van der Waals surface area contributed by atoms with Gasteiger partial charge in [-0.1, -0.05) is 24.3 Å². The summed E-state index contributed by atoms with van der Waals surface area (Å²) in [7, 11) is 0. The first kappa shape index (κ1) is 22.8. The number of benzene rings is 1. The molecular formula is C28H27N5O2S. The zero-order chi connectivity index (χ0) is 24.5. The standard InChI is InChI=1S/C28H27N5O2S/c1-18-32-24(17-36-18)21-4-7-25(30-15-21)33-27(34)28(9-12-35-13-10-28)23-5-2-19(3-6-23)22-14-20-8-11-29-26(20)31-16-22/h2-7,14-17H,8-13H2,1H3,(H,29,31)(H,30,33,34). The second-order valence-electron chi connectivity index (χ2n) is 9.32. The largest absolute Gasteiger partial charge is 0.381 e. The van der Waals surface area contributed by atoms with E-state index in [1.165, 1.54) is 5.56 Å². The summed E-state index contributed by atoms with van der Waals surface area (Å²) in [5, 5.41) is 9.40. The maximum absolute atomic E-state index is 13.7. The van der Waals surface area contributed by atoms with Gasteiger partial charge in [0.2, 0.25) is 5.91 Å². The Labute approximate surface area is 214 Å². The summed E-state index contributed by atoms with van der Waals surface area (Å²) in [6.45, 7) is 4.02. The third-order valence-corrected chi connectivity index (χ3v) is 7.90. The Morgan fingerprint density at radius 1 is 1.03 bits per heavy atom. The molecule has 5 heterocycles. The van der Waals surface area contributed by atoms with Crippen LogP contribution in [0.4, 0.5) is 11.6 Å². The summed E-state index contributed by atoms with van der Waals surface area (Å²) in [6, 6.07) is 14.3. The number of pyridine rings is 2. The number of fused-ring (bicyclic) bond motifs is 1. The van der Waals surface area contributed by atoms with Crippen molar-refractivity contribution in [1.82, 2.24) is 15.0 Å². The van der Waals surface area contributed by atoms with E-state index in [-0.39, 0.29) is 5.91 Å². The molecule has 0 saturated carbocycles. The summed E-state index contributed by atoms with van der Waals surface area (Å²) >= 11 is 1.61. The first-order valence-corrected chi connectivity index (χ1v) is 13.1. The van der Waals surface area contributed by atoms with Crippen molar-refractivity contribution in [2.45, 2.75) is 31.6 Å². The summed E-state index contributed by atoms with van der Waals surface area (Å²) in [5.74, 6) is 1.47. The molecular weight excluding hydrogens is 470 g/mol. The minimum atomic E-state index is -0.663. The molecule has 1 saturated heterocycles. The molecule has 0 bridgehead atoms. The number of thiazole rings is 1. The number of hydrogen-bond donors (Lipinski definition) is 2. The molecule has 0 unspecified atom stereocenters. The molecule has 0 atom stereocenters. The highest BCUT2D eigenvalue weighted by atomic mass is 32.1. The van der Waals surface area contributed by atoms with Gasteiger partial charge in [-0.25, -0.2) is 15.0 Å². The molecule has 7 nitrogen and oxygen atoms in total. The number of nitrogens with one attached hydrogen (secondary N) is 2. The Morgan fingerprint density at radius 2 is 1.81 bits per heavy atom. The van der Waals surface area contributed by atoms with Crippen LogP contribution in [0.1, 0.15) is 29.0 Å².